The Morgan fingerprint density at radius 2 is 2.16 bits per heavy atom. The molecule has 5 heteroatoms. The number of hydrogen-bond donors (Lipinski definition) is 2. The molecule has 4 nitrogen and oxygen atoms in total. The van der Waals surface area contributed by atoms with Gasteiger partial charge in [0.2, 0.25) is 0 Å². The second kappa shape index (κ2) is 8.02. The number of carbonyl (C=O) groups is 1. The van der Waals surface area contributed by atoms with Gasteiger partial charge in [-0.15, -0.1) is 0 Å². The van der Waals surface area contributed by atoms with E-state index in [1.807, 2.05) is 0 Å². The number of hydrogen-bond acceptors (Lipinski definition) is 3. The summed E-state index contributed by atoms with van der Waals surface area (Å²) >= 11 is 5.83. The molecule has 0 fully saturated rings. The molecular formula is C14H21ClN2O2. The van der Waals surface area contributed by atoms with E-state index in [9.17, 15) is 4.79 Å². The van der Waals surface area contributed by atoms with Crippen LogP contribution in [0.15, 0.2) is 18.2 Å². The van der Waals surface area contributed by atoms with E-state index in [-0.39, 0.29) is 5.91 Å². The van der Waals surface area contributed by atoms with Crippen LogP contribution in [0.25, 0.3) is 0 Å². The van der Waals surface area contributed by atoms with Gasteiger partial charge in [0.1, 0.15) is 0 Å². The Bertz CT molecular complexity index is 422. The first kappa shape index (κ1) is 15.8. The zero-order chi connectivity index (χ0) is 14.3. The fourth-order valence-corrected chi connectivity index (χ4v) is 1.65. The van der Waals surface area contributed by atoms with Crippen LogP contribution < -0.4 is 11.1 Å². The van der Waals surface area contributed by atoms with Crippen molar-refractivity contribution in [1.82, 2.24) is 5.32 Å². The number of halogens is 1. The van der Waals surface area contributed by atoms with Crippen molar-refractivity contribution in [2.24, 2.45) is 5.92 Å². The van der Waals surface area contributed by atoms with E-state index in [2.05, 4.69) is 19.2 Å². The van der Waals surface area contributed by atoms with Gasteiger partial charge in [-0.1, -0.05) is 25.4 Å². The summed E-state index contributed by atoms with van der Waals surface area (Å²) in [7, 11) is 0. The van der Waals surface area contributed by atoms with E-state index in [4.69, 9.17) is 22.1 Å². The summed E-state index contributed by atoms with van der Waals surface area (Å²) in [6.45, 7) is 5.97. The molecule has 1 rings (SSSR count). The number of amides is 1. The van der Waals surface area contributed by atoms with Crippen molar-refractivity contribution in [2.75, 3.05) is 25.5 Å². The van der Waals surface area contributed by atoms with Crippen LogP contribution in [0.2, 0.25) is 5.02 Å². The molecule has 1 amide bonds. The molecule has 1 aromatic carbocycles. The minimum atomic E-state index is -0.229. The zero-order valence-corrected chi connectivity index (χ0v) is 12.2. The maximum atomic E-state index is 11.9. The molecule has 19 heavy (non-hydrogen) atoms. The molecule has 0 aliphatic heterocycles. The van der Waals surface area contributed by atoms with Gasteiger partial charge < -0.3 is 15.8 Å². The number of ether oxygens (including phenoxy) is 1. The Morgan fingerprint density at radius 1 is 1.42 bits per heavy atom. The lowest BCUT2D eigenvalue weighted by molar-refractivity contribution is 0.0906. The Morgan fingerprint density at radius 3 is 2.84 bits per heavy atom. The average molecular weight is 285 g/mol. The molecule has 106 valence electrons. The second-order valence-electron chi connectivity index (χ2n) is 4.78. The predicted molar refractivity (Wildman–Crippen MR) is 78.5 cm³/mol. The van der Waals surface area contributed by atoms with Crippen LogP contribution in [0.3, 0.4) is 0 Å². The SMILES string of the molecule is CC(C)CCOCCNC(=O)c1cc(Cl)ccc1N. The van der Waals surface area contributed by atoms with E-state index in [0.29, 0.717) is 41.9 Å². The van der Waals surface area contributed by atoms with E-state index < -0.39 is 0 Å². The van der Waals surface area contributed by atoms with Crippen molar-refractivity contribution in [2.45, 2.75) is 20.3 Å². The summed E-state index contributed by atoms with van der Waals surface area (Å²) in [5, 5.41) is 3.25. The minimum absolute atomic E-state index is 0.229. The Hall–Kier alpha value is -1.26. The summed E-state index contributed by atoms with van der Waals surface area (Å²) in [6, 6.07) is 4.84. The Kier molecular flexibility index (Phi) is 6.67. The third-order valence-corrected chi connectivity index (χ3v) is 2.87. The zero-order valence-electron chi connectivity index (χ0n) is 11.4. The lowest BCUT2D eigenvalue weighted by Crippen LogP contribution is -2.28. The summed E-state index contributed by atoms with van der Waals surface area (Å²) < 4.78 is 5.41. The average Bonchev–Trinajstić information content (AvgIpc) is 2.36. The summed E-state index contributed by atoms with van der Waals surface area (Å²) in [4.78, 5) is 11.9. The molecule has 0 aromatic heterocycles. The van der Waals surface area contributed by atoms with Gasteiger partial charge in [-0.05, 0) is 30.5 Å². The Balaban J connectivity index is 2.29. The number of nitrogen functional groups attached to an aromatic ring is 1. The van der Waals surface area contributed by atoms with Crippen LogP contribution in [-0.4, -0.2) is 25.7 Å². The van der Waals surface area contributed by atoms with Crippen molar-refractivity contribution < 1.29 is 9.53 Å². The van der Waals surface area contributed by atoms with E-state index in [1.54, 1.807) is 18.2 Å². The quantitative estimate of drug-likeness (QED) is 0.598. The number of carbonyl (C=O) groups excluding carboxylic acids is 1. The maximum absolute atomic E-state index is 11.9. The van der Waals surface area contributed by atoms with Crippen LogP contribution >= 0.6 is 11.6 Å². The molecule has 0 aliphatic rings. The molecule has 3 N–H and O–H groups in total. The first-order valence-electron chi connectivity index (χ1n) is 6.41. The van der Waals surface area contributed by atoms with Crippen LogP contribution in [0.1, 0.15) is 30.6 Å². The fraction of sp³-hybridized carbons (Fsp3) is 0.500. The molecule has 0 saturated carbocycles. The van der Waals surface area contributed by atoms with Crippen molar-refractivity contribution in [3.63, 3.8) is 0 Å². The van der Waals surface area contributed by atoms with Crippen LogP contribution in [0.4, 0.5) is 5.69 Å². The first-order chi connectivity index (χ1) is 9.00. The van der Waals surface area contributed by atoms with Gasteiger partial charge in [0.15, 0.2) is 0 Å². The van der Waals surface area contributed by atoms with Crippen LogP contribution in [0.5, 0.6) is 0 Å². The molecular weight excluding hydrogens is 264 g/mol. The summed E-state index contributed by atoms with van der Waals surface area (Å²) in [6.07, 6.45) is 1.02. The molecule has 0 aliphatic carbocycles. The van der Waals surface area contributed by atoms with Gasteiger partial charge in [-0.2, -0.15) is 0 Å². The molecule has 0 heterocycles. The van der Waals surface area contributed by atoms with Gasteiger partial charge in [0, 0.05) is 23.9 Å². The molecule has 0 unspecified atom stereocenters. The highest BCUT2D eigenvalue weighted by Crippen LogP contribution is 2.17. The van der Waals surface area contributed by atoms with Gasteiger partial charge >= 0.3 is 0 Å². The maximum Gasteiger partial charge on any atom is 0.253 e. The third kappa shape index (κ3) is 5.94. The standard InChI is InChI=1S/C14H21ClN2O2/c1-10(2)5-7-19-8-6-17-14(18)12-9-11(15)3-4-13(12)16/h3-4,9-10H,5-8,16H2,1-2H3,(H,17,18). The van der Waals surface area contributed by atoms with Crippen molar-refractivity contribution >= 4 is 23.2 Å². The predicted octanol–water partition coefficient (Wildman–Crippen LogP) is 2.71. The van der Waals surface area contributed by atoms with Gasteiger partial charge in [-0.3, -0.25) is 4.79 Å². The van der Waals surface area contributed by atoms with E-state index in [1.165, 1.54) is 0 Å². The fourth-order valence-electron chi connectivity index (χ4n) is 1.48. The van der Waals surface area contributed by atoms with Crippen LogP contribution in [0, 0.1) is 5.92 Å². The number of anilines is 1. The van der Waals surface area contributed by atoms with Gasteiger partial charge in [-0.25, -0.2) is 0 Å². The van der Waals surface area contributed by atoms with Crippen molar-refractivity contribution in [3.8, 4) is 0 Å². The number of benzene rings is 1. The largest absolute Gasteiger partial charge is 0.398 e. The summed E-state index contributed by atoms with van der Waals surface area (Å²) in [5.41, 5.74) is 6.54. The highest BCUT2D eigenvalue weighted by atomic mass is 35.5. The highest BCUT2D eigenvalue weighted by molar-refractivity contribution is 6.31. The second-order valence-corrected chi connectivity index (χ2v) is 5.22. The smallest absolute Gasteiger partial charge is 0.253 e. The number of rotatable bonds is 7. The summed E-state index contributed by atoms with van der Waals surface area (Å²) in [5.74, 6) is 0.397. The molecule has 0 bridgehead atoms. The lowest BCUT2D eigenvalue weighted by Gasteiger charge is -2.09. The van der Waals surface area contributed by atoms with E-state index >= 15 is 0 Å². The third-order valence-electron chi connectivity index (χ3n) is 2.63. The van der Waals surface area contributed by atoms with E-state index in [0.717, 1.165) is 6.42 Å². The topological polar surface area (TPSA) is 64.3 Å². The monoisotopic (exact) mass is 284 g/mol. The Labute approximate surface area is 119 Å². The molecule has 1 aromatic rings. The normalized spacial score (nSPS) is 10.7. The van der Waals surface area contributed by atoms with Gasteiger partial charge in [0.05, 0.1) is 12.2 Å². The minimum Gasteiger partial charge on any atom is -0.398 e. The lowest BCUT2D eigenvalue weighted by atomic mass is 10.1. The first-order valence-corrected chi connectivity index (χ1v) is 6.79. The van der Waals surface area contributed by atoms with Crippen molar-refractivity contribution in [3.05, 3.63) is 28.8 Å². The highest BCUT2D eigenvalue weighted by Gasteiger charge is 2.09. The molecule has 0 atom stereocenters. The molecule has 0 saturated heterocycles. The number of nitrogens with one attached hydrogen (secondary N) is 1. The van der Waals surface area contributed by atoms with Crippen molar-refractivity contribution in [1.29, 1.82) is 0 Å². The molecule has 0 spiro atoms. The number of nitrogens with two attached hydrogens (primary N) is 1. The van der Waals surface area contributed by atoms with Gasteiger partial charge in [0.25, 0.3) is 5.91 Å². The molecule has 0 radical (unpaired) electrons. The van der Waals surface area contributed by atoms with Crippen LogP contribution in [-0.2, 0) is 4.74 Å².